The lowest BCUT2D eigenvalue weighted by Crippen LogP contribution is -2.18. The van der Waals surface area contributed by atoms with Gasteiger partial charge in [0, 0.05) is 28.2 Å². The molecule has 0 aliphatic carbocycles. The molecule has 5 nitrogen and oxygen atoms in total. The Kier molecular flexibility index (Phi) is 4.67. The van der Waals surface area contributed by atoms with Crippen LogP contribution in [-0.2, 0) is 0 Å². The van der Waals surface area contributed by atoms with Gasteiger partial charge >= 0.3 is 0 Å². The second kappa shape index (κ2) is 6.91. The maximum absolute atomic E-state index is 12.5. The third-order valence-electron chi connectivity index (χ3n) is 3.88. The Morgan fingerprint density at radius 2 is 2.08 bits per heavy atom. The summed E-state index contributed by atoms with van der Waals surface area (Å²) < 4.78 is 4.99. The highest BCUT2D eigenvalue weighted by atomic mass is 35.5. The Bertz CT molecular complexity index is 1040. The standard InChI is InChI=1S/C19H15ClN2O3/c1-11-14-9-13(20)5-6-15(14)22-19(24)18(11)16(23)7-3-12-4-8-17(25-2)21-10-12/h3-10H,1-2H3,(H,22,24). The van der Waals surface area contributed by atoms with Crippen molar-refractivity contribution in [1.82, 2.24) is 9.97 Å². The number of aromatic amines is 1. The van der Waals surface area contributed by atoms with Crippen LogP contribution in [0.4, 0.5) is 0 Å². The molecule has 0 aliphatic rings. The predicted molar refractivity (Wildman–Crippen MR) is 98.5 cm³/mol. The molecule has 0 atom stereocenters. The second-order valence-electron chi connectivity index (χ2n) is 5.48. The first-order valence-corrected chi connectivity index (χ1v) is 7.92. The number of pyridine rings is 2. The number of nitrogens with one attached hydrogen (secondary N) is 1. The van der Waals surface area contributed by atoms with Crippen LogP contribution >= 0.6 is 11.6 Å². The average molecular weight is 355 g/mol. The van der Waals surface area contributed by atoms with Crippen LogP contribution in [0.5, 0.6) is 5.88 Å². The lowest BCUT2D eigenvalue weighted by molar-refractivity contribution is 0.104. The van der Waals surface area contributed by atoms with E-state index in [2.05, 4.69) is 9.97 Å². The zero-order valence-corrected chi connectivity index (χ0v) is 14.4. The van der Waals surface area contributed by atoms with E-state index in [0.717, 1.165) is 10.9 Å². The molecule has 2 heterocycles. The number of hydrogen-bond acceptors (Lipinski definition) is 4. The maximum atomic E-state index is 12.5. The largest absolute Gasteiger partial charge is 0.481 e. The van der Waals surface area contributed by atoms with Gasteiger partial charge in [0.2, 0.25) is 5.88 Å². The molecule has 0 bridgehead atoms. The van der Waals surface area contributed by atoms with Gasteiger partial charge in [0.1, 0.15) is 0 Å². The Morgan fingerprint density at radius 3 is 2.76 bits per heavy atom. The number of ketones is 1. The highest BCUT2D eigenvalue weighted by Gasteiger charge is 2.14. The summed E-state index contributed by atoms with van der Waals surface area (Å²) >= 11 is 6.02. The Morgan fingerprint density at radius 1 is 1.28 bits per heavy atom. The van der Waals surface area contributed by atoms with Crippen LogP contribution in [0.15, 0.2) is 47.4 Å². The number of fused-ring (bicyclic) bond motifs is 1. The minimum Gasteiger partial charge on any atom is -0.481 e. The van der Waals surface area contributed by atoms with Crippen LogP contribution in [0.3, 0.4) is 0 Å². The molecule has 25 heavy (non-hydrogen) atoms. The van der Waals surface area contributed by atoms with Crippen molar-refractivity contribution in [2.24, 2.45) is 0 Å². The number of rotatable bonds is 4. The first kappa shape index (κ1) is 16.9. The molecule has 1 aromatic carbocycles. The smallest absolute Gasteiger partial charge is 0.259 e. The lowest BCUT2D eigenvalue weighted by atomic mass is 10.0. The summed E-state index contributed by atoms with van der Waals surface area (Å²) in [6.45, 7) is 1.74. The van der Waals surface area contributed by atoms with Crippen molar-refractivity contribution in [3.8, 4) is 5.88 Å². The minimum absolute atomic E-state index is 0.104. The fourth-order valence-electron chi connectivity index (χ4n) is 2.59. The Labute approximate surface area is 148 Å². The average Bonchev–Trinajstić information content (AvgIpc) is 2.61. The van der Waals surface area contributed by atoms with Gasteiger partial charge in [-0.2, -0.15) is 0 Å². The van der Waals surface area contributed by atoms with E-state index in [1.165, 1.54) is 13.2 Å². The molecule has 1 N–H and O–H groups in total. The molecule has 0 amide bonds. The van der Waals surface area contributed by atoms with E-state index < -0.39 is 5.56 Å². The third kappa shape index (κ3) is 3.46. The number of aromatic nitrogens is 2. The summed E-state index contributed by atoms with van der Waals surface area (Å²) in [4.78, 5) is 31.6. The van der Waals surface area contributed by atoms with Crippen LogP contribution < -0.4 is 10.3 Å². The number of carbonyl (C=O) groups excluding carboxylic acids is 1. The van der Waals surface area contributed by atoms with E-state index in [1.54, 1.807) is 49.5 Å². The lowest BCUT2D eigenvalue weighted by Gasteiger charge is -2.07. The van der Waals surface area contributed by atoms with E-state index in [-0.39, 0.29) is 11.3 Å². The molecule has 0 saturated carbocycles. The van der Waals surface area contributed by atoms with Gasteiger partial charge in [0.05, 0.1) is 12.7 Å². The number of nitrogens with zero attached hydrogens (tertiary/aromatic N) is 1. The van der Waals surface area contributed by atoms with E-state index in [1.807, 2.05) is 0 Å². The van der Waals surface area contributed by atoms with Gasteiger partial charge in [-0.3, -0.25) is 9.59 Å². The minimum atomic E-state index is -0.421. The van der Waals surface area contributed by atoms with Gasteiger partial charge in [-0.25, -0.2) is 4.98 Å². The molecular weight excluding hydrogens is 340 g/mol. The molecule has 0 unspecified atom stereocenters. The third-order valence-corrected chi connectivity index (χ3v) is 4.11. The molecule has 2 aromatic heterocycles. The fraction of sp³-hybridized carbons (Fsp3) is 0.105. The number of carbonyl (C=O) groups is 1. The van der Waals surface area contributed by atoms with Crippen LogP contribution in [0.1, 0.15) is 21.5 Å². The van der Waals surface area contributed by atoms with Crippen LogP contribution in [-0.4, -0.2) is 22.9 Å². The Balaban J connectivity index is 1.98. The van der Waals surface area contributed by atoms with Crippen LogP contribution in [0, 0.1) is 6.92 Å². The highest BCUT2D eigenvalue weighted by Crippen LogP contribution is 2.22. The number of methoxy groups -OCH3 is 1. The quantitative estimate of drug-likeness (QED) is 0.571. The summed E-state index contributed by atoms with van der Waals surface area (Å²) in [5, 5.41) is 1.29. The van der Waals surface area contributed by atoms with Gasteiger partial charge < -0.3 is 9.72 Å². The van der Waals surface area contributed by atoms with Gasteiger partial charge in [-0.05, 0) is 54.5 Å². The number of aryl methyl sites for hydroxylation is 1. The molecule has 0 aliphatic heterocycles. The maximum Gasteiger partial charge on any atom is 0.259 e. The molecule has 0 radical (unpaired) electrons. The number of benzene rings is 1. The fourth-order valence-corrected chi connectivity index (χ4v) is 2.76. The van der Waals surface area contributed by atoms with Crippen molar-refractivity contribution in [1.29, 1.82) is 0 Å². The second-order valence-corrected chi connectivity index (χ2v) is 5.91. The number of ether oxygens (including phenoxy) is 1. The zero-order valence-electron chi connectivity index (χ0n) is 13.7. The summed E-state index contributed by atoms with van der Waals surface area (Å²) in [5.41, 5.74) is 1.66. The number of allylic oxidation sites excluding steroid dienone is 1. The Hall–Kier alpha value is -2.92. The van der Waals surface area contributed by atoms with Gasteiger partial charge in [-0.15, -0.1) is 0 Å². The molecule has 6 heteroatoms. The molecule has 126 valence electrons. The molecule has 0 fully saturated rings. The predicted octanol–water partition coefficient (Wildman–Crippen LogP) is 3.79. The van der Waals surface area contributed by atoms with E-state index in [9.17, 15) is 9.59 Å². The summed E-state index contributed by atoms with van der Waals surface area (Å²) in [7, 11) is 1.53. The van der Waals surface area contributed by atoms with Gasteiger partial charge in [0.15, 0.2) is 5.78 Å². The first-order chi connectivity index (χ1) is 12.0. The zero-order chi connectivity index (χ0) is 18.0. The van der Waals surface area contributed by atoms with Crippen molar-refractivity contribution in [2.45, 2.75) is 6.92 Å². The van der Waals surface area contributed by atoms with Crippen molar-refractivity contribution < 1.29 is 9.53 Å². The van der Waals surface area contributed by atoms with E-state index in [0.29, 0.717) is 22.0 Å². The normalized spacial score (nSPS) is 11.2. The molecule has 0 saturated heterocycles. The van der Waals surface area contributed by atoms with E-state index in [4.69, 9.17) is 16.3 Å². The number of halogens is 1. The van der Waals surface area contributed by atoms with Crippen molar-refractivity contribution in [3.63, 3.8) is 0 Å². The first-order valence-electron chi connectivity index (χ1n) is 7.54. The van der Waals surface area contributed by atoms with Crippen molar-refractivity contribution in [2.75, 3.05) is 7.11 Å². The van der Waals surface area contributed by atoms with Crippen LogP contribution in [0.2, 0.25) is 5.02 Å². The van der Waals surface area contributed by atoms with Crippen LogP contribution in [0.25, 0.3) is 17.0 Å². The topological polar surface area (TPSA) is 72.1 Å². The van der Waals surface area contributed by atoms with Gasteiger partial charge in [0.25, 0.3) is 5.56 Å². The van der Waals surface area contributed by atoms with Crippen molar-refractivity contribution in [3.05, 3.63) is 74.7 Å². The van der Waals surface area contributed by atoms with E-state index >= 15 is 0 Å². The molecule has 3 rings (SSSR count). The number of H-pyrrole nitrogens is 1. The highest BCUT2D eigenvalue weighted by molar-refractivity contribution is 6.31. The van der Waals surface area contributed by atoms with Gasteiger partial charge in [-0.1, -0.05) is 11.6 Å². The summed E-state index contributed by atoms with van der Waals surface area (Å²) in [6, 6.07) is 8.61. The molecule has 3 aromatic rings. The summed E-state index contributed by atoms with van der Waals surface area (Å²) in [6.07, 6.45) is 4.55. The molecule has 0 spiro atoms. The SMILES string of the molecule is COc1ccc(C=CC(=O)c2c(C)c3cc(Cl)ccc3[nH]c2=O)cn1. The monoisotopic (exact) mass is 354 g/mol. The molecular formula is C19H15ClN2O3. The number of hydrogen-bond donors (Lipinski definition) is 1. The van der Waals surface area contributed by atoms with Crippen molar-refractivity contribution >= 4 is 34.4 Å². The summed E-state index contributed by atoms with van der Waals surface area (Å²) in [5.74, 6) is 0.110.